The second kappa shape index (κ2) is 5.17. The minimum Gasteiger partial charge on any atom is -0.316 e. The van der Waals surface area contributed by atoms with Crippen molar-refractivity contribution in [2.75, 3.05) is 13.1 Å². The summed E-state index contributed by atoms with van der Waals surface area (Å²) in [5.41, 5.74) is -0.528. The highest BCUT2D eigenvalue weighted by atomic mass is 19.4. The van der Waals surface area contributed by atoms with E-state index < -0.39 is 18.0 Å². The lowest BCUT2D eigenvalue weighted by Crippen LogP contribution is -2.34. The van der Waals surface area contributed by atoms with Gasteiger partial charge in [-0.15, -0.1) is 0 Å². The number of alkyl halides is 3. The van der Waals surface area contributed by atoms with E-state index in [1.807, 2.05) is 6.92 Å². The summed E-state index contributed by atoms with van der Waals surface area (Å²) in [6.07, 6.45) is -3.38. The quantitative estimate of drug-likeness (QED) is 0.796. The first-order valence-corrected chi connectivity index (χ1v) is 5.70. The fourth-order valence-electron chi connectivity index (χ4n) is 2.33. The molecule has 0 amide bonds. The molecule has 0 aromatic carbocycles. The molecular weight excluding hydrogens is 219 g/mol. The van der Waals surface area contributed by atoms with Crippen molar-refractivity contribution in [1.82, 2.24) is 5.32 Å². The first-order chi connectivity index (χ1) is 7.40. The lowest BCUT2D eigenvalue weighted by molar-refractivity contribution is -0.147. The Hall–Kier alpha value is -0.580. The Morgan fingerprint density at radius 1 is 1.44 bits per heavy atom. The number of hydrogen-bond donors (Lipinski definition) is 1. The molecule has 1 atom stereocenters. The number of rotatable bonds is 5. The van der Waals surface area contributed by atoms with Gasteiger partial charge in [0.15, 0.2) is 0 Å². The van der Waals surface area contributed by atoms with E-state index in [2.05, 4.69) is 5.32 Å². The van der Waals surface area contributed by atoms with Crippen LogP contribution in [-0.4, -0.2) is 25.0 Å². The van der Waals surface area contributed by atoms with Crippen LogP contribution in [0.2, 0.25) is 0 Å². The van der Waals surface area contributed by atoms with E-state index in [-0.39, 0.29) is 12.2 Å². The fourth-order valence-corrected chi connectivity index (χ4v) is 2.33. The molecule has 0 aromatic heterocycles. The normalized spacial score (nSPS) is 26.0. The molecule has 0 spiro atoms. The minimum absolute atomic E-state index is 0.225. The summed E-state index contributed by atoms with van der Waals surface area (Å²) < 4.78 is 36.1. The molecule has 1 fully saturated rings. The van der Waals surface area contributed by atoms with Crippen molar-refractivity contribution in [3.05, 3.63) is 0 Å². The molecule has 0 bridgehead atoms. The van der Waals surface area contributed by atoms with Gasteiger partial charge < -0.3 is 5.32 Å². The van der Waals surface area contributed by atoms with Crippen molar-refractivity contribution < 1.29 is 18.0 Å². The minimum atomic E-state index is -4.23. The van der Waals surface area contributed by atoms with Crippen LogP contribution in [0.1, 0.15) is 39.0 Å². The van der Waals surface area contributed by atoms with E-state index in [0.29, 0.717) is 19.4 Å². The molecule has 1 unspecified atom stereocenters. The van der Waals surface area contributed by atoms with Crippen LogP contribution in [-0.2, 0) is 4.79 Å². The molecule has 0 radical (unpaired) electrons. The number of carbonyl (C=O) groups excluding carboxylic acids is 1. The third-order valence-electron chi connectivity index (χ3n) is 3.20. The molecule has 1 rings (SSSR count). The zero-order valence-corrected chi connectivity index (χ0v) is 9.49. The van der Waals surface area contributed by atoms with Gasteiger partial charge in [0.05, 0.1) is 6.42 Å². The molecule has 2 nitrogen and oxygen atoms in total. The standard InChI is InChI=1S/C11H18F3NO/c1-2-4-10(6-7-15-8-10)9(16)3-5-11(12,13)14/h15H,2-8H2,1H3. The first-order valence-electron chi connectivity index (χ1n) is 5.70. The summed E-state index contributed by atoms with van der Waals surface area (Å²) in [6.45, 7) is 3.23. The van der Waals surface area contributed by atoms with E-state index in [0.717, 1.165) is 13.0 Å². The zero-order valence-electron chi connectivity index (χ0n) is 9.49. The molecule has 1 aliphatic rings. The number of hydrogen-bond acceptors (Lipinski definition) is 2. The van der Waals surface area contributed by atoms with E-state index in [1.54, 1.807) is 0 Å². The van der Waals surface area contributed by atoms with Crippen LogP contribution in [0.5, 0.6) is 0 Å². The van der Waals surface area contributed by atoms with Gasteiger partial charge in [0.1, 0.15) is 5.78 Å². The van der Waals surface area contributed by atoms with E-state index in [9.17, 15) is 18.0 Å². The van der Waals surface area contributed by atoms with E-state index in [4.69, 9.17) is 0 Å². The number of halogens is 3. The lowest BCUT2D eigenvalue weighted by atomic mass is 9.77. The Balaban J connectivity index is 2.55. The van der Waals surface area contributed by atoms with E-state index >= 15 is 0 Å². The number of ketones is 1. The molecule has 1 aliphatic heterocycles. The van der Waals surface area contributed by atoms with Gasteiger partial charge >= 0.3 is 6.18 Å². The smallest absolute Gasteiger partial charge is 0.316 e. The largest absolute Gasteiger partial charge is 0.389 e. The molecule has 16 heavy (non-hydrogen) atoms. The van der Waals surface area contributed by atoms with Crippen molar-refractivity contribution in [2.24, 2.45) is 5.41 Å². The van der Waals surface area contributed by atoms with Crippen LogP contribution in [0, 0.1) is 5.41 Å². The van der Waals surface area contributed by atoms with Gasteiger partial charge in [0.2, 0.25) is 0 Å². The van der Waals surface area contributed by atoms with E-state index in [1.165, 1.54) is 0 Å². The van der Waals surface area contributed by atoms with Gasteiger partial charge in [0, 0.05) is 18.4 Å². The average Bonchev–Trinajstić information content (AvgIpc) is 2.63. The predicted molar refractivity (Wildman–Crippen MR) is 55.1 cm³/mol. The SMILES string of the molecule is CCCC1(C(=O)CCC(F)(F)F)CCNC1. The molecule has 1 heterocycles. The third kappa shape index (κ3) is 3.47. The Labute approximate surface area is 93.6 Å². The monoisotopic (exact) mass is 237 g/mol. The Bertz CT molecular complexity index is 244. The predicted octanol–water partition coefficient (Wildman–Crippen LogP) is 2.68. The first kappa shape index (κ1) is 13.5. The molecule has 0 aliphatic carbocycles. The topological polar surface area (TPSA) is 29.1 Å². The molecular formula is C11H18F3NO. The highest BCUT2D eigenvalue weighted by Crippen LogP contribution is 2.35. The van der Waals surface area contributed by atoms with Gasteiger partial charge in [0.25, 0.3) is 0 Å². The molecule has 1 N–H and O–H groups in total. The van der Waals surface area contributed by atoms with Crippen molar-refractivity contribution in [1.29, 1.82) is 0 Å². The van der Waals surface area contributed by atoms with Gasteiger partial charge in [-0.3, -0.25) is 4.79 Å². The van der Waals surface area contributed by atoms with Crippen LogP contribution < -0.4 is 5.32 Å². The summed E-state index contributed by atoms with van der Waals surface area (Å²) >= 11 is 0. The Morgan fingerprint density at radius 2 is 2.12 bits per heavy atom. The summed E-state index contributed by atoms with van der Waals surface area (Å²) in [5.74, 6) is -0.225. The summed E-state index contributed by atoms with van der Waals surface area (Å²) in [7, 11) is 0. The van der Waals surface area contributed by atoms with Crippen molar-refractivity contribution >= 4 is 5.78 Å². The average molecular weight is 237 g/mol. The Morgan fingerprint density at radius 3 is 2.56 bits per heavy atom. The van der Waals surface area contributed by atoms with Crippen LogP contribution >= 0.6 is 0 Å². The highest BCUT2D eigenvalue weighted by Gasteiger charge is 2.41. The molecule has 94 valence electrons. The lowest BCUT2D eigenvalue weighted by Gasteiger charge is -2.26. The van der Waals surface area contributed by atoms with Gasteiger partial charge in [-0.1, -0.05) is 13.3 Å². The van der Waals surface area contributed by atoms with Crippen LogP contribution in [0.3, 0.4) is 0 Å². The molecule has 0 aromatic rings. The second-order valence-corrected chi connectivity index (χ2v) is 4.50. The maximum atomic E-state index is 12.0. The maximum absolute atomic E-state index is 12.0. The Kier molecular flexibility index (Phi) is 4.35. The number of Topliss-reactive ketones (excluding diaryl/α,β-unsaturated/α-hetero) is 1. The molecule has 5 heteroatoms. The van der Waals surface area contributed by atoms with Crippen molar-refractivity contribution in [2.45, 2.75) is 45.2 Å². The fraction of sp³-hybridized carbons (Fsp3) is 0.909. The van der Waals surface area contributed by atoms with Crippen molar-refractivity contribution in [3.63, 3.8) is 0 Å². The van der Waals surface area contributed by atoms with Crippen LogP contribution in [0.4, 0.5) is 13.2 Å². The van der Waals surface area contributed by atoms with Crippen LogP contribution in [0.25, 0.3) is 0 Å². The van der Waals surface area contributed by atoms with Gasteiger partial charge in [-0.05, 0) is 19.4 Å². The van der Waals surface area contributed by atoms with Crippen molar-refractivity contribution in [3.8, 4) is 0 Å². The third-order valence-corrected chi connectivity index (χ3v) is 3.20. The van der Waals surface area contributed by atoms with Gasteiger partial charge in [-0.25, -0.2) is 0 Å². The summed E-state index contributed by atoms with van der Waals surface area (Å²) in [5, 5.41) is 3.07. The zero-order chi connectivity index (χ0) is 12.2. The maximum Gasteiger partial charge on any atom is 0.389 e. The van der Waals surface area contributed by atoms with Gasteiger partial charge in [-0.2, -0.15) is 13.2 Å². The van der Waals surface area contributed by atoms with Crippen LogP contribution in [0.15, 0.2) is 0 Å². The highest BCUT2D eigenvalue weighted by molar-refractivity contribution is 5.85. The summed E-state index contributed by atoms with van der Waals surface area (Å²) in [6, 6.07) is 0. The molecule has 1 saturated heterocycles. The number of nitrogens with one attached hydrogen (secondary N) is 1. The number of carbonyl (C=O) groups is 1. The summed E-state index contributed by atoms with van der Waals surface area (Å²) in [4.78, 5) is 11.9. The molecule has 0 saturated carbocycles. The second-order valence-electron chi connectivity index (χ2n) is 4.50.